The summed E-state index contributed by atoms with van der Waals surface area (Å²) in [6.07, 6.45) is 2.97. The van der Waals surface area contributed by atoms with Gasteiger partial charge in [-0.3, -0.25) is 4.99 Å². The van der Waals surface area contributed by atoms with E-state index >= 15 is 0 Å². The molecule has 1 saturated heterocycles. The summed E-state index contributed by atoms with van der Waals surface area (Å²) in [7, 11) is 1.71. The van der Waals surface area contributed by atoms with Gasteiger partial charge in [0.2, 0.25) is 0 Å². The average Bonchev–Trinajstić information content (AvgIpc) is 3.10. The summed E-state index contributed by atoms with van der Waals surface area (Å²) in [5, 5.41) is 13.4. The Balaban J connectivity index is 0.00000261. The molecule has 1 heterocycles. The average molecular weight is 488 g/mol. The van der Waals surface area contributed by atoms with Crippen LogP contribution in [-0.2, 0) is 0 Å². The van der Waals surface area contributed by atoms with Crippen LogP contribution in [0, 0.1) is 5.92 Å². The van der Waals surface area contributed by atoms with Gasteiger partial charge in [-0.2, -0.15) is 0 Å². The molecule has 152 valence electrons. The molecular weight excluding hydrogens is 455 g/mol. The van der Waals surface area contributed by atoms with E-state index in [1.807, 2.05) is 12.1 Å². The maximum absolute atomic E-state index is 10.0. The first kappa shape index (κ1) is 22.1. The third kappa shape index (κ3) is 5.88. The Morgan fingerprint density at radius 1 is 1.26 bits per heavy atom. The fraction of sp³-hybridized carbons (Fsp3) is 0.650. The molecule has 1 aromatic rings. The third-order valence-corrected chi connectivity index (χ3v) is 5.43. The van der Waals surface area contributed by atoms with Gasteiger partial charge in [-0.1, -0.05) is 12.5 Å². The van der Waals surface area contributed by atoms with Crippen LogP contribution in [0.4, 0.5) is 5.69 Å². The summed E-state index contributed by atoms with van der Waals surface area (Å²) in [5.41, 5.74) is 1.21. The lowest BCUT2D eigenvalue weighted by molar-refractivity contribution is 0.136. The second-order valence-corrected chi connectivity index (χ2v) is 7.13. The van der Waals surface area contributed by atoms with Gasteiger partial charge in [0.05, 0.1) is 13.2 Å². The molecule has 0 amide bonds. The highest BCUT2D eigenvalue weighted by atomic mass is 127. The molecule has 0 spiro atoms. The molecular formula is C20H33IN4O2. The Bertz CT molecular complexity index is 605. The van der Waals surface area contributed by atoms with Gasteiger partial charge in [-0.25, -0.2) is 0 Å². The Kier molecular flexibility index (Phi) is 8.95. The van der Waals surface area contributed by atoms with Crippen molar-refractivity contribution in [2.45, 2.75) is 32.3 Å². The molecule has 1 saturated carbocycles. The first-order chi connectivity index (χ1) is 12.7. The van der Waals surface area contributed by atoms with Gasteiger partial charge in [0.25, 0.3) is 0 Å². The van der Waals surface area contributed by atoms with Crippen molar-refractivity contribution in [3.05, 3.63) is 24.3 Å². The number of hydrogen-bond acceptors (Lipinski definition) is 4. The third-order valence-electron chi connectivity index (χ3n) is 5.43. The topological polar surface area (TPSA) is 60.3 Å². The van der Waals surface area contributed by atoms with Gasteiger partial charge in [-0.15, -0.1) is 24.0 Å². The van der Waals surface area contributed by atoms with E-state index in [0.717, 1.165) is 70.2 Å². The molecule has 2 N–H and O–H groups in total. The summed E-state index contributed by atoms with van der Waals surface area (Å²) < 4.78 is 5.34. The van der Waals surface area contributed by atoms with Crippen LogP contribution < -0.4 is 15.0 Å². The highest BCUT2D eigenvalue weighted by molar-refractivity contribution is 14.0. The number of nitrogens with zero attached hydrogens (tertiary/aromatic N) is 3. The number of aliphatic imine (C=N–C) groups is 1. The number of rotatable bonds is 5. The van der Waals surface area contributed by atoms with Gasteiger partial charge in [0.15, 0.2) is 5.96 Å². The molecule has 2 unspecified atom stereocenters. The summed E-state index contributed by atoms with van der Waals surface area (Å²) >= 11 is 0. The van der Waals surface area contributed by atoms with Crippen LogP contribution in [-0.4, -0.2) is 68.4 Å². The number of anilines is 1. The predicted octanol–water partition coefficient (Wildman–Crippen LogP) is 2.56. The highest BCUT2D eigenvalue weighted by Crippen LogP contribution is 2.26. The normalized spacial score (nSPS) is 23.1. The monoisotopic (exact) mass is 488 g/mol. The zero-order valence-electron chi connectivity index (χ0n) is 16.4. The van der Waals surface area contributed by atoms with Crippen LogP contribution in [0.3, 0.4) is 0 Å². The largest absolute Gasteiger partial charge is 0.497 e. The van der Waals surface area contributed by atoms with E-state index in [0.29, 0.717) is 5.92 Å². The van der Waals surface area contributed by atoms with Crippen LogP contribution in [0.5, 0.6) is 5.75 Å². The highest BCUT2D eigenvalue weighted by Gasteiger charge is 2.26. The van der Waals surface area contributed by atoms with Crippen molar-refractivity contribution in [1.29, 1.82) is 0 Å². The fourth-order valence-corrected chi connectivity index (χ4v) is 3.84. The van der Waals surface area contributed by atoms with Gasteiger partial charge >= 0.3 is 0 Å². The number of hydrogen-bond donors (Lipinski definition) is 2. The number of aliphatic hydroxyl groups is 1. The van der Waals surface area contributed by atoms with Crippen LogP contribution in [0.25, 0.3) is 0 Å². The van der Waals surface area contributed by atoms with Crippen molar-refractivity contribution in [1.82, 2.24) is 10.2 Å². The summed E-state index contributed by atoms with van der Waals surface area (Å²) in [4.78, 5) is 9.55. The number of piperazine rings is 1. The molecule has 0 aromatic heterocycles. The number of aliphatic hydroxyl groups excluding tert-OH is 1. The summed E-state index contributed by atoms with van der Waals surface area (Å²) in [6.45, 7) is 7.49. The quantitative estimate of drug-likeness (QED) is 0.379. The summed E-state index contributed by atoms with van der Waals surface area (Å²) in [6, 6.07) is 8.25. The van der Waals surface area contributed by atoms with E-state index in [4.69, 9.17) is 9.73 Å². The smallest absolute Gasteiger partial charge is 0.194 e. The zero-order valence-corrected chi connectivity index (χ0v) is 18.8. The molecule has 0 bridgehead atoms. The first-order valence-corrected chi connectivity index (χ1v) is 9.81. The predicted molar refractivity (Wildman–Crippen MR) is 122 cm³/mol. The lowest BCUT2D eigenvalue weighted by Crippen LogP contribution is -2.52. The molecule has 2 atom stereocenters. The molecule has 6 nitrogen and oxygen atoms in total. The minimum atomic E-state index is -0.175. The van der Waals surface area contributed by atoms with Crippen molar-refractivity contribution < 1.29 is 9.84 Å². The number of nitrogens with one attached hydrogen (secondary N) is 1. The van der Waals surface area contributed by atoms with Crippen LogP contribution >= 0.6 is 24.0 Å². The Hall–Kier alpha value is -1.22. The van der Waals surface area contributed by atoms with Crippen molar-refractivity contribution in [3.8, 4) is 5.75 Å². The van der Waals surface area contributed by atoms with Gasteiger partial charge in [0, 0.05) is 56.9 Å². The van der Waals surface area contributed by atoms with Crippen molar-refractivity contribution in [3.63, 3.8) is 0 Å². The van der Waals surface area contributed by atoms with Gasteiger partial charge in [0.1, 0.15) is 5.75 Å². The Labute approximate surface area is 180 Å². The molecule has 27 heavy (non-hydrogen) atoms. The van der Waals surface area contributed by atoms with Crippen LogP contribution in [0.2, 0.25) is 0 Å². The first-order valence-electron chi connectivity index (χ1n) is 9.81. The standard InChI is InChI=1S/C20H32N4O2.HI/c1-3-21-20(22-15-16-6-4-9-19(16)25)24-12-10-23(11-13-24)17-7-5-8-18(14-17)26-2;/h5,7-8,14,16,19,25H,3-4,6,9-13,15H2,1-2H3,(H,21,22);1H. The van der Waals surface area contributed by atoms with E-state index in [2.05, 4.69) is 34.2 Å². The number of ether oxygens (including phenoxy) is 1. The van der Waals surface area contributed by atoms with E-state index in [1.54, 1.807) is 7.11 Å². The second kappa shape index (κ2) is 10.9. The van der Waals surface area contributed by atoms with Crippen molar-refractivity contribution >= 4 is 35.6 Å². The van der Waals surface area contributed by atoms with Crippen LogP contribution in [0.15, 0.2) is 29.3 Å². The molecule has 1 aliphatic heterocycles. The molecule has 7 heteroatoms. The van der Waals surface area contributed by atoms with E-state index in [1.165, 1.54) is 5.69 Å². The maximum atomic E-state index is 10.0. The Morgan fingerprint density at radius 3 is 2.67 bits per heavy atom. The Morgan fingerprint density at radius 2 is 2.04 bits per heavy atom. The minimum absolute atomic E-state index is 0. The number of halogens is 1. The van der Waals surface area contributed by atoms with Crippen molar-refractivity contribution in [2.24, 2.45) is 10.9 Å². The number of methoxy groups -OCH3 is 1. The zero-order chi connectivity index (χ0) is 18.4. The minimum Gasteiger partial charge on any atom is -0.497 e. The SMILES string of the molecule is CCNC(=NCC1CCCC1O)N1CCN(c2cccc(OC)c2)CC1.I. The molecule has 0 radical (unpaired) electrons. The van der Waals surface area contributed by atoms with E-state index < -0.39 is 0 Å². The molecule has 3 rings (SSSR count). The number of benzene rings is 1. The lowest BCUT2D eigenvalue weighted by atomic mass is 10.1. The summed E-state index contributed by atoms with van der Waals surface area (Å²) in [5.74, 6) is 2.20. The lowest BCUT2D eigenvalue weighted by Gasteiger charge is -2.38. The van der Waals surface area contributed by atoms with Crippen LogP contribution in [0.1, 0.15) is 26.2 Å². The van der Waals surface area contributed by atoms with E-state index in [-0.39, 0.29) is 30.1 Å². The van der Waals surface area contributed by atoms with E-state index in [9.17, 15) is 5.11 Å². The van der Waals surface area contributed by atoms with Gasteiger partial charge in [-0.05, 0) is 31.9 Å². The number of guanidine groups is 1. The molecule has 2 fully saturated rings. The molecule has 2 aliphatic rings. The second-order valence-electron chi connectivity index (χ2n) is 7.13. The molecule has 1 aliphatic carbocycles. The fourth-order valence-electron chi connectivity index (χ4n) is 3.84. The molecule has 1 aromatic carbocycles. The van der Waals surface area contributed by atoms with Gasteiger partial charge < -0.3 is 25.0 Å². The maximum Gasteiger partial charge on any atom is 0.194 e. The van der Waals surface area contributed by atoms with Crippen molar-refractivity contribution in [2.75, 3.05) is 51.3 Å².